The molecular weight excluding hydrogens is 589 g/mol. The van der Waals surface area contributed by atoms with Gasteiger partial charge in [-0.3, -0.25) is 19.4 Å². The van der Waals surface area contributed by atoms with Crippen molar-refractivity contribution in [2.24, 2.45) is 0 Å². The van der Waals surface area contributed by atoms with E-state index in [1.165, 1.54) is 0 Å². The molecule has 1 aliphatic rings. The Morgan fingerprint density at radius 2 is 1.39 bits per heavy atom. The summed E-state index contributed by atoms with van der Waals surface area (Å²) in [6, 6.07) is 25.1. The van der Waals surface area contributed by atoms with E-state index in [0.717, 1.165) is 26.5 Å². The van der Waals surface area contributed by atoms with E-state index in [1.54, 1.807) is 12.1 Å². The number of nitrogens with zero attached hydrogens (tertiary/aromatic N) is 3. The minimum Gasteiger partial charge on any atom is -0.465 e. The molecule has 3 aromatic rings. The third kappa shape index (κ3) is 9.94. The molecule has 0 aromatic heterocycles. The number of halogens is 1. The first-order chi connectivity index (χ1) is 22.0. The predicted octanol–water partition coefficient (Wildman–Crippen LogP) is 5.63. The van der Waals surface area contributed by atoms with E-state index in [-0.39, 0.29) is 69.8 Å². The number of carbonyl (C=O) groups is 3. The van der Waals surface area contributed by atoms with Crippen molar-refractivity contribution in [3.8, 4) is 0 Å². The highest BCUT2D eigenvalue weighted by atomic mass is 19.1. The molecule has 0 aliphatic carbocycles. The summed E-state index contributed by atoms with van der Waals surface area (Å²) in [5.74, 6) is -0.712. The molecule has 0 radical (unpaired) electrons. The van der Waals surface area contributed by atoms with Gasteiger partial charge in [0.25, 0.3) is 11.8 Å². The van der Waals surface area contributed by atoms with Gasteiger partial charge >= 0.3 is 6.09 Å². The highest BCUT2D eigenvalue weighted by Gasteiger charge is 2.36. The van der Waals surface area contributed by atoms with Crippen molar-refractivity contribution in [2.45, 2.75) is 45.4 Å². The van der Waals surface area contributed by atoms with E-state index in [1.807, 2.05) is 92.4 Å². The number of benzene rings is 3. The Morgan fingerprint density at radius 3 is 1.96 bits per heavy atom. The van der Waals surface area contributed by atoms with Crippen molar-refractivity contribution in [3.05, 3.63) is 107 Å². The Morgan fingerprint density at radius 1 is 0.826 bits per heavy atom. The minimum absolute atomic E-state index is 0.0374. The van der Waals surface area contributed by atoms with Crippen molar-refractivity contribution in [3.63, 3.8) is 0 Å². The molecular formula is C36H44FN3O6. The van der Waals surface area contributed by atoms with Gasteiger partial charge in [0, 0.05) is 32.7 Å². The second-order valence-corrected chi connectivity index (χ2v) is 12.5. The van der Waals surface area contributed by atoms with Gasteiger partial charge in [-0.25, -0.2) is 9.18 Å². The average Bonchev–Trinajstić information content (AvgIpc) is 3.26. The largest absolute Gasteiger partial charge is 0.465 e. The van der Waals surface area contributed by atoms with Gasteiger partial charge in [0.1, 0.15) is 6.17 Å². The van der Waals surface area contributed by atoms with Crippen LogP contribution in [-0.2, 0) is 28.0 Å². The standard InChI is InChI=1S/C36H44FN3O6/c1-36(2,3)29-14-15-31-32(22-29)34(42)40(33(31)41)18-21-45-19-16-39(35(43)44)17-20-46-26-30(37)25-38(23-27-10-6-4-7-11-27)24-28-12-8-5-9-13-28/h4-15,22,30H,16-21,23-26H2,1-3H3,(H,43,44). The van der Waals surface area contributed by atoms with E-state index in [2.05, 4.69) is 0 Å². The number of fused-ring (bicyclic) bond motifs is 1. The molecule has 3 amide bonds. The number of carbonyl (C=O) groups excluding carboxylic acids is 2. The average molecular weight is 634 g/mol. The summed E-state index contributed by atoms with van der Waals surface area (Å²) >= 11 is 0. The van der Waals surface area contributed by atoms with Gasteiger partial charge in [0.15, 0.2) is 0 Å². The van der Waals surface area contributed by atoms with Crippen molar-refractivity contribution < 1.29 is 33.4 Å². The molecule has 1 heterocycles. The molecule has 1 N–H and O–H groups in total. The van der Waals surface area contributed by atoms with Gasteiger partial charge in [0.2, 0.25) is 0 Å². The van der Waals surface area contributed by atoms with Crippen molar-refractivity contribution >= 4 is 17.9 Å². The monoisotopic (exact) mass is 633 g/mol. The van der Waals surface area contributed by atoms with E-state index in [0.29, 0.717) is 24.2 Å². The van der Waals surface area contributed by atoms with Crippen molar-refractivity contribution in [1.82, 2.24) is 14.7 Å². The van der Waals surface area contributed by atoms with Crippen LogP contribution in [0.2, 0.25) is 0 Å². The first-order valence-corrected chi connectivity index (χ1v) is 15.6. The maximum atomic E-state index is 15.0. The molecule has 246 valence electrons. The maximum Gasteiger partial charge on any atom is 0.407 e. The van der Waals surface area contributed by atoms with Crippen LogP contribution in [0.25, 0.3) is 0 Å². The smallest absolute Gasteiger partial charge is 0.407 e. The van der Waals surface area contributed by atoms with Gasteiger partial charge < -0.3 is 19.5 Å². The van der Waals surface area contributed by atoms with E-state index < -0.39 is 12.3 Å². The highest BCUT2D eigenvalue weighted by Crippen LogP contribution is 2.29. The third-order valence-corrected chi connectivity index (χ3v) is 7.83. The molecule has 9 nitrogen and oxygen atoms in total. The Kier molecular flexibility index (Phi) is 12.4. The van der Waals surface area contributed by atoms with Crippen LogP contribution in [0.5, 0.6) is 0 Å². The molecule has 46 heavy (non-hydrogen) atoms. The fraction of sp³-hybridized carbons (Fsp3) is 0.417. The molecule has 0 saturated carbocycles. The summed E-state index contributed by atoms with van der Waals surface area (Å²) in [6.07, 6.45) is -2.40. The maximum absolute atomic E-state index is 15.0. The molecule has 0 bridgehead atoms. The number of hydrogen-bond donors (Lipinski definition) is 1. The zero-order valence-electron chi connectivity index (χ0n) is 26.9. The molecule has 10 heteroatoms. The highest BCUT2D eigenvalue weighted by molar-refractivity contribution is 6.21. The van der Waals surface area contributed by atoms with E-state index in [9.17, 15) is 19.5 Å². The van der Waals surface area contributed by atoms with Gasteiger partial charge in [-0.1, -0.05) is 87.5 Å². The van der Waals surface area contributed by atoms with Gasteiger partial charge in [-0.15, -0.1) is 0 Å². The fourth-order valence-corrected chi connectivity index (χ4v) is 5.28. The molecule has 1 aliphatic heterocycles. The topological polar surface area (TPSA) is 99.6 Å². The van der Waals surface area contributed by atoms with E-state index in [4.69, 9.17) is 9.47 Å². The van der Waals surface area contributed by atoms with Crippen LogP contribution in [0, 0.1) is 0 Å². The lowest BCUT2D eigenvalue weighted by molar-refractivity contribution is 0.0373. The zero-order valence-corrected chi connectivity index (χ0v) is 26.9. The fourth-order valence-electron chi connectivity index (χ4n) is 5.28. The molecule has 0 spiro atoms. The molecule has 3 aromatic carbocycles. The third-order valence-electron chi connectivity index (χ3n) is 7.83. The first-order valence-electron chi connectivity index (χ1n) is 15.6. The molecule has 1 atom stereocenters. The van der Waals surface area contributed by atoms with Crippen LogP contribution >= 0.6 is 0 Å². The molecule has 4 rings (SSSR count). The molecule has 0 fully saturated rings. The summed E-state index contributed by atoms with van der Waals surface area (Å²) in [5, 5.41) is 9.60. The quantitative estimate of drug-likeness (QED) is 0.152. The van der Waals surface area contributed by atoms with Crippen LogP contribution in [0.4, 0.5) is 9.18 Å². The zero-order chi connectivity index (χ0) is 33.1. The number of imide groups is 1. The molecule has 1 unspecified atom stereocenters. The van der Waals surface area contributed by atoms with Gasteiger partial charge in [0.05, 0.1) is 44.1 Å². The minimum atomic E-state index is -1.25. The number of hydrogen-bond acceptors (Lipinski definition) is 6. The summed E-state index contributed by atoms with van der Waals surface area (Å²) in [5.41, 5.74) is 3.76. The predicted molar refractivity (Wildman–Crippen MR) is 174 cm³/mol. The Hall–Kier alpha value is -4.12. The van der Waals surface area contributed by atoms with E-state index >= 15 is 4.39 Å². The Bertz CT molecular complexity index is 1410. The number of amides is 3. The van der Waals surface area contributed by atoms with Gasteiger partial charge in [-0.2, -0.15) is 0 Å². The number of carboxylic acid groups (broad SMARTS) is 1. The second-order valence-electron chi connectivity index (χ2n) is 12.5. The lowest BCUT2D eigenvalue weighted by atomic mass is 9.85. The number of alkyl halides is 1. The van der Waals surface area contributed by atoms with Crippen molar-refractivity contribution in [1.29, 1.82) is 0 Å². The normalized spacial score (nSPS) is 13.7. The first kappa shape index (κ1) is 34.7. The van der Waals surface area contributed by atoms with Crippen LogP contribution in [0.3, 0.4) is 0 Å². The molecule has 0 saturated heterocycles. The summed E-state index contributed by atoms with van der Waals surface area (Å²) < 4.78 is 26.1. The SMILES string of the molecule is CC(C)(C)c1ccc2c(c1)C(=O)N(CCOCCN(CCOCC(F)CN(Cc1ccccc1)Cc1ccccc1)C(=O)O)C2=O. The Balaban J connectivity index is 1.16. The van der Waals surface area contributed by atoms with Crippen LogP contribution in [-0.4, -0.2) is 96.5 Å². The summed E-state index contributed by atoms with van der Waals surface area (Å²) in [7, 11) is 0. The number of rotatable bonds is 17. The summed E-state index contributed by atoms with van der Waals surface area (Å²) in [6.45, 7) is 7.70. The Labute approximate surface area is 270 Å². The van der Waals surface area contributed by atoms with Crippen molar-refractivity contribution in [2.75, 3.05) is 52.6 Å². The van der Waals surface area contributed by atoms with Crippen LogP contribution in [0.1, 0.15) is 58.2 Å². The second kappa shape index (κ2) is 16.4. The lowest BCUT2D eigenvalue weighted by Crippen LogP contribution is -2.37. The lowest BCUT2D eigenvalue weighted by Gasteiger charge is -2.25. The van der Waals surface area contributed by atoms with Crippen LogP contribution in [0.15, 0.2) is 78.9 Å². The summed E-state index contributed by atoms with van der Waals surface area (Å²) in [4.78, 5) is 41.7. The van der Waals surface area contributed by atoms with Crippen LogP contribution < -0.4 is 0 Å². The van der Waals surface area contributed by atoms with Gasteiger partial charge in [-0.05, 0) is 34.2 Å². The number of ether oxygens (including phenoxy) is 2.